The third-order valence-electron chi connectivity index (χ3n) is 5.44. The molecule has 1 aliphatic rings. The highest BCUT2D eigenvalue weighted by molar-refractivity contribution is 8.00. The van der Waals surface area contributed by atoms with Crippen molar-refractivity contribution in [1.82, 2.24) is 14.9 Å². The first-order valence-corrected chi connectivity index (χ1v) is 11.5. The van der Waals surface area contributed by atoms with Gasteiger partial charge in [0.05, 0.1) is 26.9 Å². The second-order valence-electron chi connectivity index (χ2n) is 7.61. The Morgan fingerprint density at radius 2 is 1.83 bits per heavy atom. The van der Waals surface area contributed by atoms with Crippen LogP contribution in [0, 0.1) is 0 Å². The van der Waals surface area contributed by atoms with Gasteiger partial charge in [0.1, 0.15) is 0 Å². The first-order valence-electron chi connectivity index (χ1n) is 10.3. The number of amides is 1. The van der Waals surface area contributed by atoms with Gasteiger partial charge in [-0.2, -0.15) is 0 Å². The number of halogens is 1. The van der Waals surface area contributed by atoms with Crippen molar-refractivity contribution in [3.05, 3.63) is 63.9 Å². The molecule has 1 fully saturated rings. The highest BCUT2D eigenvalue weighted by atomic mass is 35.5. The van der Waals surface area contributed by atoms with Gasteiger partial charge < -0.3 is 5.32 Å². The van der Waals surface area contributed by atoms with Gasteiger partial charge in [-0.05, 0) is 44.0 Å². The van der Waals surface area contributed by atoms with Crippen LogP contribution < -0.4 is 10.9 Å². The molecular weight excluding hydrogens is 418 g/mol. The summed E-state index contributed by atoms with van der Waals surface area (Å²) < 4.78 is 1.51. The van der Waals surface area contributed by atoms with Crippen molar-refractivity contribution in [2.45, 2.75) is 55.5 Å². The number of fused-ring (bicyclic) bond motifs is 1. The SMILES string of the molecule is CC(Sc1nc2ccccc2c(=O)n1-c1ccccc1Cl)C(=O)NC1CCCCC1. The van der Waals surface area contributed by atoms with Crippen molar-refractivity contribution in [1.29, 1.82) is 0 Å². The Bertz CT molecular complexity index is 1120. The molecule has 7 heteroatoms. The Morgan fingerprint density at radius 1 is 1.13 bits per heavy atom. The molecule has 1 aromatic heterocycles. The molecule has 30 heavy (non-hydrogen) atoms. The van der Waals surface area contributed by atoms with E-state index >= 15 is 0 Å². The van der Waals surface area contributed by atoms with E-state index in [9.17, 15) is 9.59 Å². The van der Waals surface area contributed by atoms with E-state index in [0.29, 0.717) is 26.8 Å². The van der Waals surface area contributed by atoms with Crippen LogP contribution in [0.15, 0.2) is 58.5 Å². The number of aromatic nitrogens is 2. The summed E-state index contributed by atoms with van der Waals surface area (Å²) in [5, 5.41) is 4.19. The van der Waals surface area contributed by atoms with E-state index in [1.807, 2.05) is 37.3 Å². The molecule has 0 aliphatic heterocycles. The summed E-state index contributed by atoms with van der Waals surface area (Å²) in [5.41, 5.74) is 0.967. The summed E-state index contributed by atoms with van der Waals surface area (Å²) in [6, 6.07) is 14.6. The van der Waals surface area contributed by atoms with Crippen LogP contribution in [-0.4, -0.2) is 26.8 Å². The molecule has 156 valence electrons. The van der Waals surface area contributed by atoms with Gasteiger partial charge in [0.25, 0.3) is 5.56 Å². The number of nitrogens with one attached hydrogen (secondary N) is 1. The van der Waals surface area contributed by atoms with Gasteiger partial charge in [-0.25, -0.2) is 4.98 Å². The zero-order chi connectivity index (χ0) is 21.1. The third kappa shape index (κ3) is 4.40. The summed E-state index contributed by atoms with van der Waals surface area (Å²) in [4.78, 5) is 30.8. The van der Waals surface area contributed by atoms with Gasteiger partial charge in [0.15, 0.2) is 5.16 Å². The molecule has 2 aromatic carbocycles. The van der Waals surface area contributed by atoms with Crippen LogP contribution in [0.25, 0.3) is 16.6 Å². The summed E-state index contributed by atoms with van der Waals surface area (Å²) in [6.45, 7) is 1.85. The molecule has 0 bridgehead atoms. The molecule has 3 aromatic rings. The van der Waals surface area contributed by atoms with E-state index in [1.54, 1.807) is 18.2 Å². The van der Waals surface area contributed by atoms with E-state index in [2.05, 4.69) is 5.32 Å². The maximum Gasteiger partial charge on any atom is 0.266 e. The van der Waals surface area contributed by atoms with Crippen LogP contribution in [0.2, 0.25) is 5.02 Å². The zero-order valence-electron chi connectivity index (χ0n) is 16.8. The number of hydrogen-bond donors (Lipinski definition) is 1. The van der Waals surface area contributed by atoms with E-state index in [-0.39, 0.29) is 17.5 Å². The molecule has 0 radical (unpaired) electrons. The van der Waals surface area contributed by atoms with Gasteiger partial charge in [-0.1, -0.05) is 66.9 Å². The minimum Gasteiger partial charge on any atom is -0.352 e. The van der Waals surface area contributed by atoms with E-state index in [1.165, 1.54) is 22.7 Å². The molecule has 1 unspecified atom stereocenters. The number of nitrogens with zero attached hydrogens (tertiary/aromatic N) is 2. The molecular formula is C23H24ClN3O2S. The monoisotopic (exact) mass is 441 g/mol. The Kier molecular flexibility index (Phi) is 6.44. The second-order valence-corrected chi connectivity index (χ2v) is 9.32. The summed E-state index contributed by atoms with van der Waals surface area (Å²) in [5.74, 6) is -0.0278. The number of hydrogen-bond acceptors (Lipinski definition) is 4. The maximum absolute atomic E-state index is 13.3. The predicted molar refractivity (Wildman–Crippen MR) is 123 cm³/mol. The number of thioether (sulfide) groups is 1. The number of carbonyl (C=O) groups excluding carboxylic acids is 1. The highest BCUT2D eigenvalue weighted by Crippen LogP contribution is 2.28. The van der Waals surface area contributed by atoms with E-state index < -0.39 is 5.25 Å². The molecule has 5 nitrogen and oxygen atoms in total. The average molecular weight is 442 g/mol. The molecule has 1 atom stereocenters. The summed E-state index contributed by atoms with van der Waals surface area (Å²) in [6.07, 6.45) is 5.61. The first kappa shape index (κ1) is 20.9. The van der Waals surface area contributed by atoms with Gasteiger partial charge in [-0.15, -0.1) is 0 Å². The zero-order valence-corrected chi connectivity index (χ0v) is 18.4. The molecule has 4 rings (SSSR count). The van der Waals surface area contributed by atoms with E-state index in [4.69, 9.17) is 16.6 Å². The standard InChI is InChI=1S/C23H24ClN3O2S/c1-15(21(28)25-16-9-3-2-4-10-16)30-23-26-19-13-7-5-11-17(19)22(29)27(23)20-14-8-6-12-18(20)24/h5-8,11-16H,2-4,9-10H2,1H3,(H,25,28). The van der Waals surface area contributed by atoms with Crippen molar-refractivity contribution in [3.8, 4) is 5.69 Å². The fourth-order valence-electron chi connectivity index (χ4n) is 3.81. The minimum absolute atomic E-state index is 0.0278. The van der Waals surface area contributed by atoms with Gasteiger partial charge in [0, 0.05) is 6.04 Å². The molecule has 1 N–H and O–H groups in total. The molecule has 0 saturated heterocycles. The molecule has 0 spiro atoms. The molecule has 1 amide bonds. The van der Waals surface area contributed by atoms with Crippen LogP contribution >= 0.6 is 23.4 Å². The molecule has 1 aliphatic carbocycles. The van der Waals surface area contributed by atoms with Crippen molar-refractivity contribution in [2.24, 2.45) is 0 Å². The topological polar surface area (TPSA) is 64.0 Å². The minimum atomic E-state index is -0.395. The lowest BCUT2D eigenvalue weighted by molar-refractivity contribution is -0.121. The van der Waals surface area contributed by atoms with E-state index in [0.717, 1.165) is 25.7 Å². The predicted octanol–water partition coefficient (Wildman–Crippen LogP) is 4.97. The number of rotatable bonds is 5. The van der Waals surface area contributed by atoms with Gasteiger partial charge in [-0.3, -0.25) is 14.2 Å². The third-order valence-corrected chi connectivity index (χ3v) is 6.81. The van der Waals surface area contributed by atoms with Crippen LogP contribution in [0.4, 0.5) is 0 Å². The number of benzene rings is 2. The quantitative estimate of drug-likeness (QED) is 0.448. The second kappa shape index (κ2) is 9.23. The smallest absolute Gasteiger partial charge is 0.266 e. The van der Waals surface area contributed by atoms with Crippen molar-refractivity contribution in [2.75, 3.05) is 0 Å². The Morgan fingerprint density at radius 3 is 2.60 bits per heavy atom. The summed E-state index contributed by atoms with van der Waals surface area (Å²) >= 11 is 7.69. The number of para-hydroxylation sites is 2. The Balaban J connectivity index is 1.70. The fourth-order valence-corrected chi connectivity index (χ4v) is 4.96. The Hall–Kier alpha value is -2.31. The van der Waals surface area contributed by atoms with Crippen LogP contribution in [0.5, 0.6) is 0 Å². The van der Waals surface area contributed by atoms with Crippen molar-refractivity contribution >= 4 is 40.2 Å². The van der Waals surface area contributed by atoms with Crippen LogP contribution in [-0.2, 0) is 4.79 Å². The first-order chi connectivity index (χ1) is 14.5. The molecule has 1 saturated carbocycles. The fraction of sp³-hybridized carbons (Fsp3) is 0.348. The molecule has 1 heterocycles. The van der Waals surface area contributed by atoms with Crippen LogP contribution in [0.1, 0.15) is 39.0 Å². The normalized spacial score (nSPS) is 15.8. The Labute approximate surface area is 184 Å². The highest BCUT2D eigenvalue weighted by Gasteiger charge is 2.23. The lowest BCUT2D eigenvalue weighted by atomic mass is 9.95. The van der Waals surface area contributed by atoms with Crippen molar-refractivity contribution < 1.29 is 4.79 Å². The lowest BCUT2D eigenvalue weighted by Gasteiger charge is -2.24. The number of carbonyl (C=O) groups is 1. The van der Waals surface area contributed by atoms with Gasteiger partial charge in [0.2, 0.25) is 5.91 Å². The van der Waals surface area contributed by atoms with Crippen molar-refractivity contribution in [3.63, 3.8) is 0 Å². The van der Waals surface area contributed by atoms with Crippen LogP contribution in [0.3, 0.4) is 0 Å². The maximum atomic E-state index is 13.3. The largest absolute Gasteiger partial charge is 0.352 e. The van der Waals surface area contributed by atoms with Gasteiger partial charge >= 0.3 is 0 Å². The summed E-state index contributed by atoms with van der Waals surface area (Å²) in [7, 11) is 0. The average Bonchev–Trinajstić information content (AvgIpc) is 2.75. The lowest BCUT2D eigenvalue weighted by Crippen LogP contribution is -2.40.